The minimum atomic E-state index is -0.354. The Morgan fingerprint density at radius 1 is 0.962 bits per heavy atom. The van der Waals surface area contributed by atoms with Gasteiger partial charge in [0, 0.05) is 25.9 Å². The van der Waals surface area contributed by atoms with Gasteiger partial charge in [0.2, 0.25) is 11.8 Å². The number of hydrogen-bond acceptors (Lipinski definition) is 4. The molecule has 2 aromatic carbocycles. The first-order chi connectivity index (χ1) is 12.7. The topological polar surface area (TPSA) is 76.7 Å². The third-order valence-electron chi connectivity index (χ3n) is 3.55. The lowest BCUT2D eigenvalue weighted by atomic mass is 10.2. The maximum absolute atomic E-state index is 11.9. The van der Waals surface area contributed by atoms with Crippen molar-refractivity contribution in [2.75, 3.05) is 25.6 Å². The van der Waals surface area contributed by atoms with Crippen LogP contribution in [0.3, 0.4) is 0 Å². The average molecular weight is 356 g/mol. The molecule has 0 spiro atoms. The molecular weight excluding hydrogens is 332 g/mol. The molecule has 0 saturated carbocycles. The standard InChI is InChI=1S/C20H24N2O4/c1-25-13-5-12-21-19(23)14-20(24)22-17-8-10-18(11-9-17)26-15-16-6-3-2-4-7-16/h2-4,6-11H,5,12-15H2,1H3,(H,21,23)(H,22,24). The van der Waals surface area contributed by atoms with Crippen molar-refractivity contribution in [3.8, 4) is 5.75 Å². The van der Waals surface area contributed by atoms with Crippen LogP contribution in [0.2, 0.25) is 0 Å². The second kappa shape index (κ2) is 10.9. The first kappa shape index (κ1) is 19.5. The zero-order valence-electron chi connectivity index (χ0n) is 14.9. The minimum absolute atomic E-state index is 0.209. The van der Waals surface area contributed by atoms with E-state index in [0.717, 1.165) is 5.56 Å². The zero-order valence-corrected chi connectivity index (χ0v) is 14.9. The second-order valence-corrected chi connectivity index (χ2v) is 5.72. The van der Waals surface area contributed by atoms with Crippen LogP contribution in [0.1, 0.15) is 18.4 Å². The third-order valence-corrected chi connectivity index (χ3v) is 3.55. The van der Waals surface area contributed by atoms with Gasteiger partial charge in [0.15, 0.2) is 0 Å². The molecule has 0 heterocycles. The maximum atomic E-state index is 11.9. The SMILES string of the molecule is COCCCNC(=O)CC(=O)Nc1ccc(OCc2ccccc2)cc1. The predicted octanol–water partition coefficient (Wildman–Crippen LogP) is 2.75. The van der Waals surface area contributed by atoms with Gasteiger partial charge in [0.25, 0.3) is 0 Å². The third kappa shape index (κ3) is 7.36. The minimum Gasteiger partial charge on any atom is -0.489 e. The highest BCUT2D eigenvalue weighted by molar-refractivity contribution is 6.03. The van der Waals surface area contributed by atoms with E-state index in [9.17, 15) is 9.59 Å². The first-order valence-corrected chi connectivity index (χ1v) is 8.49. The van der Waals surface area contributed by atoms with Gasteiger partial charge in [-0.3, -0.25) is 9.59 Å². The molecule has 0 fully saturated rings. The molecule has 2 amide bonds. The van der Waals surface area contributed by atoms with Crippen LogP contribution in [0.15, 0.2) is 54.6 Å². The number of amides is 2. The summed E-state index contributed by atoms with van der Waals surface area (Å²) < 4.78 is 10.6. The second-order valence-electron chi connectivity index (χ2n) is 5.72. The molecule has 2 N–H and O–H groups in total. The Bertz CT molecular complexity index is 687. The number of anilines is 1. The Kier molecular flexibility index (Phi) is 8.15. The number of rotatable bonds is 10. The van der Waals surface area contributed by atoms with Crippen molar-refractivity contribution in [3.63, 3.8) is 0 Å². The van der Waals surface area contributed by atoms with E-state index in [1.165, 1.54) is 0 Å². The van der Waals surface area contributed by atoms with Crippen LogP contribution >= 0.6 is 0 Å². The van der Waals surface area contributed by atoms with Gasteiger partial charge in [-0.2, -0.15) is 0 Å². The molecule has 0 unspecified atom stereocenters. The maximum Gasteiger partial charge on any atom is 0.233 e. The lowest BCUT2D eigenvalue weighted by molar-refractivity contribution is -0.126. The summed E-state index contributed by atoms with van der Waals surface area (Å²) in [5.41, 5.74) is 1.70. The molecule has 0 aliphatic heterocycles. The van der Waals surface area contributed by atoms with E-state index in [-0.39, 0.29) is 18.2 Å². The monoisotopic (exact) mass is 356 g/mol. The van der Waals surface area contributed by atoms with E-state index < -0.39 is 0 Å². The number of nitrogens with one attached hydrogen (secondary N) is 2. The number of benzene rings is 2. The lowest BCUT2D eigenvalue weighted by Crippen LogP contribution is -2.29. The van der Waals surface area contributed by atoms with E-state index >= 15 is 0 Å². The van der Waals surface area contributed by atoms with Gasteiger partial charge in [0.1, 0.15) is 18.8 Å². The molecule has 0 aliphatic rings. The fourth-order valence-electron chi connectivity index (χ4n) is 2.23. The fraction of sp³-hybridized carbons (Fsp3) is 0.300. The number of methoxy groups -OCH3 is 1. The van der Waals surface area contributed by atoms with Crippen molar-refractivity contribution in [2.45, 2.75) is 19.4 Å². The van der Waals surface area contributed by atoms with E-state index in [1.807, 2.05) is 30.3 Å². The summed E-state index contributed by atoms with van der Waals surface area (Å²) in [7, 11) is 1.60. The number of hydrogen-bond donors (Lipinski definition) is 2. The van der Waals surface area contributed by atoms with E-state index in [1.54, 1.807) is 31.4 Å². The summed E-state index contributed by atoms with van der Waals surface area (Å²) in [5, 5.41) is 5.37. The van der Waals surface area contributed by atoms with Crippen LogP contribution in [0.4, 0.5) is 5.69 Å². The van der Waals surface area contributed by atoms with Gasteiger partial charge in [-0.05, 0) is 36.2 Å². The molecule has 0 saturated heterocycles. The molecule has 0 aromatic heterocycles. The highest BCUT2D eigenvalue weighted by atomic mass is 16.5. The summed E-state index contributed by atoms with van der Waals surface area (Å²) in [6.45, 7) is 1.55. The van der Waals surface area contributed by atoms with Crippen LogP contribution in [-0.2, 0) is 20.9 Å². The molecule has 0 bridgehead atoms. The normalized spacial score (nSPS) is 10.2. The summed E-state index contributed by atoms with van der Waals surface area (Å²) in [6, 6.07) is 16.9. The molecule has 6 heteroatoms. The molecule has 138 valence electrons. The van der Waals surface area contributed by atoms with Gasteiger partial charge in [-0.15, -0.1) is 0 Å². The summed E-state index contributed by atoms with van der Waals surface area (Å²) in [4.78, 5) is 23.5. The van der Waals surface area contributed by atoms with Crippen molar-refractivity contribution in [1.82, 2.24) is 5.32 Å². The quantitative estimate of drug-likeness (QED) is 0.507. The Morgan fingerprint density at radius 3 is 2.38 bits per heavy atom. The Morgan fingerprint density at radius 2 is 1.69 bits per heavy atom. The predicted molar refractivity (Wildman–Crippen MR) is 100.0 cm³/mol. The highest BCUT2D eigenvalue weighted by Gasteiger charge is 2.09. The molecule has 0 aliphatic carbocycles. The number of carbonyl (C=O) groups excluding carboxylic acids is 2. The first-order valence-electron chi connectivity index (χ1n) is 8.49. The van der Waals surface area contributed by atoms with Crippen molar-refractivity contribution in [3.05, 3.63) is 60.2 Å². The van der Waals surface area contributed by atoms with Crippen molar-refractivity contribution in [1.29, 1.82) is 0 Å². The molecule has 0 atom stereocenters. The number of ether oxygens (including phenoxy) is 2. The molecule has 0 radical (unpaired) electrons. The highest BCUT2D eigenvalue weighted by Crippen LogP contribution is 2.17. The molecule has 2 aromatic rings. The van der Waals surface area contributed by atoms with Gasteiger partial charge in [-0.1, -0.05) is 30.3 Å². The molecule has 2 rings (SSSR count). The van der Waals surface area contributed by atoms with Crippen LogP contribution in [0.25, 0.3) is 0 Å². The molecule has 26 heavy (non-hydrogen) atoms. The Labute approximate surface area is 153 Å². The molecular formula is C20H24N2O4. The van der Waals surface area contributed by atoms with Crippen LogP contribution in [0.5, 0.6) is 5.75 Å². The van der Waals surface area contributed by atoms with E-state index in [0.29, 0.717) is 37.6 Å². The van der Waals surface area contributed by atoms with Crippen LogP contribution in [-0.4, -0.2) is 32.1 Å². The summed E-state index contributed by atoms with van der Waals surface area (Å²) in [5.74, 6) is 0.0522. The van der Waals surface area contributed by atoms with Crippen molar-refractivity contribution >= 4 is 17.5 Å². The van der Waals surface area contributed by atoms with Gasteiger partial charge in [0.05, 0.1) is 0 Å². The van der Waals surface area contributed by atoms with Crippen LogP contribution < -0.4 is 15.4 Å². The number of carbonyl (C=O) groups is 2. The largest absolute Gasteiger partial charge is 0.489 e. The molecule has 6 nitrogen and oxygen atoms in total. The van der Waals surface area contributed by atoms with E-state index in [2.05, 4.69) is 10.6 Å². The average Bonchev–Trinajstić information content (AvgIpc) is 2.65. The smallest absolute Gasteiger partial charge is 0.233 e. The van der Waals surface area contributed by atoms with Gasteiger partial charge in [-0.25, -0.2) is 0 Å². The summed E-state index contributed by atoms with van der Waals surface area (Å²) >= 11 is 0. The van der Waals surface area contributed by atoms with Gasteiger partial charge < -0.3 is 20.1 Å². The fourth-order valence-corrected chi connectivity index (χ4v) is 2.23. The van der Waals surface area contributed by atoms with Crippen molar-refractivity contribution in [2.24, 2.45) is 0 Å². The Balaban J connectivity index is 1.72. The van der Waals surface area contributed by atoms with E-state index in [4.69, 9.17) is 9.47 Å². The Hall–Kier alpha value is -2.86. The summed E-state index contributed by atoms with van der Waals surface area (Å²) in [6.07, 6.45) is 0.507. The lowest BCUT2D eigenvalue weighted by Gasteiger charge is -2.09. The van der Waals surface area contributed by atoms with Crippen molar-refractivity contribution < 1.29 is 19.1 Å². The van der Waals surface area contributed by atoms with Crippen LogP contribution in [0, 0.1) is 0 Å². The zero-order chi connectivity index (χ0) is 18.6. The van der Waals surface area contributed by atoms with Gasteiger partial charge >= 0.3 is 0 Å².